The predicted molar refractivity (Wildman–Crippen MR) is 109 cm³/mol. The minimum atomic E-state index is -0.360. The van der Waals surface area contributed by atoms with Crippen LogP contribution in [0.2, 0.25) is 0 Å². The number of aromatic hydroxyl groups is 1. The summed E-state index contributed by atoms with van der Waals surface area (Å²) in [7, 11) is 0. The van der Waals surface area contributed by atoms with Crippen molar-refractivity contribution in [2.24, 2.45) is 11.3 Å². The predicted octanol–water partition coefficient (Wildman–Crippen LogP) is 5.58. The molecule has 5 heteroatoms. The van der Waals surface area contributed by atoms with Gasteiger partial charge in [0.15, 0.2) is 0 Å². The summed E-state index contributed by atoms with van der Waals surface area (Å²) in [5, 5.41) is 17.1. The molecule has 1 atom stereocenters. The molecule has 0 bridgehead atoms. The van der Waals surface area contributed by atoms with Crippen molar-refractivity contribution < 1.29 is 9.52 Å². The number of rotatable bonds is 7. The van der Waals surface area contributed by atoms with Crippen molar-refractivity contribution in [1.82, 2.24) is 0 Å². The van der Waals surface area contributed by atoms with Gasteiger partial charge in [0.25, 0.3) is 0 Å². The minimum absolute atomic E-state index is 0.0315. The summed E-state index contributed by atoms with van der Waals surface area (Å²) in [4.78, 5) is 14.0. The van der Waals surface area contributed by atoms with Crippen LogP contribution in [0.3, 0.4) is 0 Å². The van der Waals surface area contributed by atoms with Gasteiger partial charge in [-0.15, -0.1) is 11.3 Å². The average Bonchev–Trinajstić information content (AvgIpc) is 3.47. The lowest BCUT2D eigenvalue weighted by Crippen LogP contribution is -2.17. The highest BCUT2D eigenvalue weighted by Gasteiger charge is 2.44. The van der Waals surface area contributed by atoms with Crippen molar-refractivity contribution in [1.29, 1.82) is 0 Å². The fraction of sp³-hybridized carbons (Fsp3) is 0.409. The summed E-state index contributed by atoms with van der Waals surface area (Å²) in [6.07, 6.45) is 6.24. The van der Waals surface area contributed by atoms with Gasteiger partial charge in [-0.3, -0.25) is 0 Å². The van der Waals surface area contributed by atoms with Crippen LogP contribution >= 0.6 is 22.7 Å². The Bertz CT molecular complexity index is 977. The van der Waals surface area contributed by atoms with Gasteiger partial charge in [-0.05, 0) is 77.3 Å². The molecule has 0 aliphatic heterocycles. The molecule has 3 heterocycles. The molecule has 3 nitrogen and oxygen atoms in total. The summed E-state index contributed by atoms with van der Waals surface area (Å²) < 4.78 is 5.73. The highest BCUT2D eigenvalue weighted by molar-refractivity contribution is 7.10. The number of hydrogen-bond donors (Lipinski definition) is 1. The van der Waals surface area contributed by atoms with Crippen molar-refractivity contribution in [3.8, 4) is 5.75 Å². The molecule has 0 radical (unpaired) electrons. The minimum Gasteiger partial charge on any atom is -0.507 e. The molecule has 1 N–H and O–H groups in total. The van der Waals surface area contributed by atoms with E-state index in [-0.39, 0.29) is 22.7 Å². The molecule has 0 amide bonds. The van der Waals surface area contributed by atoms with Gasteiger partial charge in [-0.1, -0.05) is 6.07 Å². The Hall–Kier alpha value is -1.85. The van der Waals surface area contributed by atoms with Gasteiger partial charge in [0, 0.05) is 23.3 Å². The lowest BCUT2D eigenvalue weighted by molar-refractivity contribution is 0.372. The van der Waals surface area contributed by atoms with E-state index in [4.69, 9.17) is 4.42 Å². The van der Waals surface area contributed by atoms with Crippen LogP contribution in [0, 0.1) is 11.3 Å². The van der Waals surface area contributed by atoms with E-state index in [0.717, 1.165) is 43.4 Å². The van der Waals surface area contributed by atoms with E-state index in [0.29, 0.717) is 17.2 Å². The fourth-order valence-electron chi connectivity index (χ4n) is 4.21. The van der Waals surface area contributed by atoms with Crippen LogP contribution < -0.4 is 5.63 Å². The Morgan fingerprint density at radius 1 is 1.22 bits per heavy atom. The Balaban J connectivity index is 1.43. The van der Waals surface area contributed by atoms with Gasteiger partial charge < -0.3 is 9.52 Å². The molecule has 0 aromatic carbocycles. The van der Waals surface area contributed by atoms with E-state index in [1.165, 1.54) is 5.56 Å². The summed E-state index contributed by atoms with van der Waals surface area (Å²) in [6, 6.07) is 7.93. The molecule has 3 aromatic rings. The van der Waals surface area contributed by atoms with Crippen molar-refractivity contribution in [2.45, 2.75) is 44.4 Å². The summed E-state index contributed by atoms with van der Waals surface area (Å²) in [6.45, 7) is 0. The van der Waals surface area contributed by atoms with E-state index in [1.54, 1.807) is 28.7 Å². The summed E-state index contributed by atoms with van der Waals surface area (Å²) in [5.41, 5.74) is 1.63. The van der Waals surface area contributed by atoms with Gasteiger partial charge in [-0.25, -0.2) is 4.79 Å². The van der Waals surface area contributed by atoms with E-state index in [2.05, 4.69) is 22.9 Å². The lowest BCUT2D eigenvalue weighted by atomic mass is 9.91. The van der Waals surface area contributed by atoms with Crippen LogP contribution in [0.4, 0.5) is 0 Å². The maximum absolute atomic E-state index is 12.8. The molecular formula is C22H22O3S2. The van der Waals surface area contributed by atoms with Crippen LogP contribution in [-0.2, 0) is 12.8 Å². The first-order valence-corrected chi connectivity index (χ1v) is 11.4. The van der Waals surface area contributed by atoms with Gasteiger partial charge in [-0.2, -0.15) is 11.3 Å². The first-order chi connectivity index (χ1) is 13.1. The van der Waals surface area contributed by atoms with E-state index in [9.17, 15) is 9.90 Å². The molecule has 140 valence electrons. The second-order valence-corrected chi connectivity index (χ2v) is 9.87. The van der Waals surface area contributed by atoms with Gasteiger partial charge in [0.2, 0.25) is 0 Å². The number of hydrogen-bond acceptors (Lipinski definition) is 5. The SMILES string of the molecule is O=c1oc(CC2(Cc3ccsc3)CC2)cc(O)c1C(c1cccs1)C1CC1. The van der Waals surface area contributed by atoms with Crippen LogP contribution in [0.5, 0.6) is 5.75 Å². The Kier molecular flexibility index (Phi) is 4.25. The van der Waals surface area contributed by atoms with Crippen LogP contribution in [0.15, 0.2) is 49.6 Å². The fourth-order valence-corrected chi connectivity index (χ4v) is 5.81. The molecule has 0 spiro atoms. The molecule has 27 heavy (non-hydrogen) atoms. The molecule has 2 aliphatic carbocycles. The Labute approximate surface area is 166 Å². The van der Waals surface area contributed by atoms with Crippen molar-refractivity contribution in [3.05, 3.63) is 72.6 Å². The normalized spacial score (nSPS) is 19.1. The molecular weight excluding hydrogens is 376 g/mol. The molecule has 1 unspecified atom stereocenters. The summed E-state index contributed by atoms with van der Waals surface area (Å²) in [5.74, 6) is 1.14. The second kappa shape index (κ2) is 6.64. The molecule has 2 aliphatic rings. The van der Waals surface area contributed by atoms with Crippen molar-refractivity contribution >= 4 is 22.7 Å². The molecule has 2 fully saturated rings. The first-order valence-electron chi connectivity index (χ1n) is 9.54. The van der Waals surface area contributed by atoms with Crippen LogP contribution in [0.1, 0.15) is 53.4 Å². The zero-order chi connectivity index (χ0) is 18.4. The largest absolute Gasteiger partial charge is 0.507 e. The average molecular weight is 399 g/mol. The second-order valence-electron chi connectivity index (χ2n) is 8.11. The van der Waals surface area contributed by atoms with Gasteiger partial charge in [0.05, 0.1) is 5.56 Å². The zero-order valence-corrected chi connectivity index (χ0v) is 16.7. The smallest absolute Gasteiger partial charge is 0.343 e. The quantitative estimate of drug-likeness (QED) is 0.565. The van der Waals surface area contributed by atoms with Gasteiger partial charge >= 0.3 is 5.63 Å². The van der Waals surface area contributed by atoms with E-state index >= 15 is 0 Å². The third-order valence-electron chi connectivity index (χ3n) is 5.94. The van der Waals surface area contributed by atoms with Crippen molar-refractivity contribution in [3.63, 3.8) is 0 Å². The van der Waals surface area contributed by atoms with Crippen molar-refractivity contribution in [2.75, 3.05) is 0 Å². The molecule has 2 saturated carbocycles. The van der Waals surface area contributed by atoms with Gasteiger partial charge in [0.1, 0.15) is 11.5 Å². The maximum atomic E-state index is 12.8. The third kappa shape index (κ3) is 3.50. The van der Waals surface area contributed by atoms with Crippen LogP contribution in [-0.4, -0.2) is 5.11 Å². The molecule has 5 rings (SSSR count). The Morgan fingerprint density at radius 2 is 2.07 bits per heavy atom. The first kappa shape index (κ1) is 17.3. The van der Waals surface area contributed by atoms with E-state index in [1.807, 2.05) is 11.4 Å². The molecule has 0 saturated heterocycles. The monoisotopic (exact) mass is 398 g/mol. The van der Waals surface area contributed by atoms with E-state index < -0.39 is 0 Å². The zero-order valence-electron chi connectivity index (χ0n) is 15.0. The summed E-state index contributed by atoms with van der Waals surface area (Å²) >= 11 is 3.37. The topological polar surface area (TPSA) is 50.4 Å². The molecule has 3 aromatic heterocycles. The standard InChI is InChI=1S/C22H22O3S2/c23-17-10-16(12-22(6-7-22)11-14-5-9-26-13-14)25-21(24)20(17)19(15-3-4-15)18-2-1-8-27-18/h1-2,5,8-10,13,15,19,23H,3-4,6-7,11-12H2. The maximum Gasteiger partial charge on any atom is 0.343 e. The highest BCUT2D eigenvalue weighted by atomic mass is 32.1. The lowest BCUT2D eigenvalue weighted by Gasteiger charge is -2.17. The third-order valence-corrected chi connectivity index (χ3v) is 7.62. The van der Waals surface area contributed by atoms with Crippen LogP contribution in [0.25, 0.3) is 0 Å². The highest BCUT2D eigenvalue weighted by Crippen LogP contribution is 2.52. The number of thiophene rings is 2. The Morgan fingerprint density at radius 3 is 2.67 bits per heavy atom.